The van der Waals surface area contributed by atoms with Crippen molar-refractivity contribution in [2.45, 2.75) is 0 Å². The van der Waals surface area contributed by atoms with Crippen LogP contribution in [0.25, 0.3) is 22.3 Å². The van der Waals surface area contributed by atoms with Gasteiger partial charge in [-0.2, -0.15) is 0 Å². The molecule has 0 atom stereocenters. The zero-order valence-corrected chi connectivity index (χ0v) is 44.8. The molecule has 5 heterocycles. The molecule has 0 fully saturated rings. The Kier molecular flexibility index (Phi) is 15.5. The Bertz CT molecular complexity index is 3330. The van der Waals surface area contributed by atoms with E-state index in [2.05, 4.69) is 15.0 Å². The maximum atomic E-state index is 5.93. The molecule has 3 aromatic heterocycles. The zero-order valence-electron chi connectivity index (χ0n) is 44.8. The summed E-state index contributed by atoms with van der Waals surface area (Å²) in [6.45, 7) is 0. The van der Waals surface area contributed by atoms with E-state index in [1.54, 1.807) is 85.3 Å². The number of nitrogens with one attached hydrogen (secondary N) is 3. The maximum absolute atomic E-state index is 5.93. The lowest BCUT2D eigenvalue weighted by molar-refractivity contribution is 0.324. The lowest BCUT2D eigenvalue weighted by atomic mass is 9.99. The van der Waals surface area contributed by atoms with Gasteiger partial charge in [-0.3, -0.25) is 0 Å². The first-order valence-corrected chi connectivity index (χ1v) is 24.1. The molecule has 77 heavy (non-hydrogen) atoms. The molecule has 17 nitrogen and oxygen atoms in total. The first-order valence-electron chi connectivity index (χ1n) is 24.1. The Morgan fingerprint density at radius 1 is 0.325 bits per heavy atom. The van der Waals surface area contributed by atoms with Crippen molar-refractivity contribution >= 4 is 33.7 Å². The van der Waals surface area contributed by atoms with Crippen molar-refractivity contribution in [2.24, 2.45) is 9.98 Å². The minimum absolute atomic E-state index is 0.435. The molecule has 0 saturated carbocycles. The van der Waals surface area contributed by atoms with E-state index in [4.69, 9.17) is 66.8 Å². The lowest BCUT2D eigenvalue weighted by Gasteiger charge is -2.16. The fraction of sp³-hybridized carbons (Fsp3) is 0.200. The summed E-state index contributed by atoms with van der Waals surface area (Å²) in [5.41, 5.74) is 10.2. The molecule has 4 aromatic carbocycles. The molecule has 17 heteroatoms. The van der Waals surface area contributed by atoms with E-state index < -0.39 is 0 Å². The second kappa shape index (κ2) is 22.9. The fourth-order valence-corrected chi connectivity index (χ4v) is 9.61. The molecule has 9 rings (SSSR count). The van der Waals surface area contributed by atoms with Crippen LogP contribution in [0.4, 0.5) is 0 Å². The van der Waals surface area contributed by atoms with Gasteiger partial charge in [0, 0.05) is 56.8 Å². The van der Waals surface area contributed by atoms with Crippen LogP contribution in [0.5, 0.6) is 69.0 Å². The Hall–Kier alpha value is -9.64. The summed E-state index contributed by atoms with van der Waals surface area (Å²) >= 11 is 0. The minimum atomic E-state index is 0.435. The van der Waals surface area contributed by atoms with Crippen molar-refractivity contribution in [3.05, 3.63) is 177 Å². The van der Waals surface area contributed by atoms with Gasteiger partial charge in [0.25, 0.3) is 0 Å². The van der Waals surface area contributed by atoms with Crippen LogP contribution in [-0.2, 0) is 0 Å². The summed E-state index contributed by atoms with van der Waals surface area (Å²) in [5, 5.41) is 1.39. The van der Waals surface area contributed by atoms with Crippen LogP contribution < -0.4 is 67.5 Å². The van der Waals surface area contributed by atoms with E-state index in [9.17, 15) is 0 Å². The number of benzene rings is 4. The molecule has 0 unspecified atom stereocenters. The quantitative estimate of drug-likeness (QED) is 0.0660. The van der Waals surface area contributed by atoms with Crippen molar-refractivity contribution in [1.82, 2.24) is 15.0 Å². The molecule has 0 amide bonds. The van der Waals surface area contributed by atoms with E-state index in [1.165, 1.54) is 0 Å². The van der Waals surface area contributed by atoms with Crippen LogP contribution in [-0.4, -0.2) is 112 Å². The van der Waals surface area contributed by atoms with E-state index >= 15 is 0 Å². The smallest absolute Gasteiger partial charge is 0.203 e. The number of hydrogen-bond donors (Lipinski definition) is 3. The molecule has 0 spiro atoms. The number of hydrogen-bond acceptors (Lipinski definition) is 14. The van der Waals surface area contributed by atoms with Gasteiger partial charge in [0.05, 0.1) is 108 Å². The first-order chi connectivity index (χ1) is 37.6. The summed E-state index contributed by atoms with van der Waals surface area (Å²) in [6, 6.07) is 27.1. The molecule has 0 bridgehead atoms. The van der Waals surface area contributed by atoms with Crippen molar-refractivity contribution < 1.29 is 56.8 Å². The Balaban J connectivity index is 1.36. The fourth-order valence-electron chi connectivity index (χ4n) is 9.61. The molecule has 0 aliphatic carbocycles. The molecule has 0 saturated heterocycles. The monoisotopic (exact) mass is 1040 g/mol. The van der Waals surface area contributed by atoms with Crippen LogP contribution in [0.15, 0.2) is 143 Å². The standard InChI is InChI=1S/C60H59N5O12/c1-66-45-25-33(26-46(67-2)57(45)74-9)53(37-15-13-23-61-37)39-17-19-41(63-39)55(35-29-49(70-5)59(76-11)50(30-35)71-6)43-21-22-44(65-43)56(36-31-51(72-7)60(77-12)52(32-36)73-8)42-20-18-40(64-42)54(38-16-14-24-62-38)34-27-47(68-3)58(75-10)48(28-34)69-4/h13-32,61-62,65H,1-12H3/b53-39-,54-40?,55-43-,56-44-. The number of H-pyrrole nitrogens is 3. The highest BCUT2D eigenvalue weighted by Crippen LogP contribution is 2.46. The first kappa shape index (κ1) is 52.2. The van der Waals surface area contributed by atoms with E-state index in [0.29, 0.717) is 125 Å². The summed E-state index contributed by atoms with van der Waals surface area (Å²) in [7, 11) is 19.0. The van der Waals surface area contributed by atoms with Gasteiger partial charge < -0.3 is 71.8 Å². The number of aliphatic imine (C=N–C) groups is 2. The van der Waals surface area contributed by atoms with Crippen LogP contribution >= 0.6 is 0 Å². The molecule has 2 aliphatic heterocycles. The molecule has 7 aromatic rings. The molecule has 396 valence electrons. The largest absolute Gasteiger partial charge is 0.493 e. The minimum Gasteiger partial charge on any atom is -0.493 e. The number of methoxy groups -OCH3 is 12. The number of rotatable bonds is 20. The van der Waals surface area contributed by atoms with Crippen molar-refractivity contribution in [3.8, 4) is 69.0 Å². The highest BCUT2D eigenvalue weighted by atomic mass is 16.5. The maximum Gasteiger partial charge on any atom is 0.203 e. The third-order valence-corrected chi connectivity index (χ3v) is 13.1. The van der Waals surface area contributed by atoms with Crippen LogP contribution in [0.3, 0.4) is 0 Å². The average Bonchev–Trinajstić information content (AvgIpc) is 4.37. The zero-order chi connectivity index (χ0) is 54.3. The second-order valence-electron chi connectivity index (χ2n) is 17.0. The van der Waals surface area contributed by atoms with Crippen LogP contribution in [0.1, 0.15) is 33.6 Å². The van der Waals surface area contributed by atoms with E-state index in [0.717, 1.165) is 33.7 Å². The van der Waals surface area contributed by atoms with Gasteiger partial charge in [-0.05, 0) is 131 Å². The number of aromatic amines is 3. The Morgan fingerprint density at radius 3 is 0.831 bits per heavy atom. The predicted octanol–water partition coefficient (Wildman–Crippen LogP) is 9.11. The van der Waals surface area contributed by atoms with E-state index in [1.807, 2.05) is 122 Å². The highest BCUT2D eigenvalue weighted by Gasteiger charge is 2.27. The van der Waals surface area contributed by atoms with Gasteiger partial charge in [0.2, 0.25) is 23.0 Å². The van der Waals surface area contributed by atoms with Crippen molar-refractivity contribution in [3.63, 3.8) is 0 Å². The number of aromatic nitrogens is 3. The SMILES string of the molecule is COc1cc(C(=C2C=CC(/C(c3cc(OC)c(OC)c(OC)c3)=c3/cc/c(=C(C4=N/C(=C(/c5cc(OC)c(OC)c(OC)c5)c5ccc[nH]5)C=C4)\c4cc(OC)c(OC)c(OC)c4)[nH]3)=N2)c2ccc[nH]2)cc(OC)c1OC. The Morgan fingerprint density at radius 2 is 0.597 bits per heavy atom. The Labute approximate surface area is 445 Å². The van der Waals surface area contributed by atoms with Crippen LogP contribution in [0, 0.1) is 0 Å². The third kappa shape index (κ3) is 9.81. The lowest BCUT2D eigenvalue weighted by Crippen LogP contribution is -2.21. The topological polar surface area (TPSA) is 183 Å². The molecule has 2 aliphatic rings. The van der Waals surface area contributed by atoms with Gasteiger partial charge in [-0.1, -0.05) is 0 Å². The molecular weight excluding hydrogens is 983 g/mol. The van der Waals surface area contributed by atoms with E-state index in [-0.39, 0.29) is 0 Å². The second-order valence-corrected chi connectivity index (χ2v) is 17.0. The number of ether oxygens (including phenoxy) is 12. The number of nitrogens with zero attached hydrogens (tertiary/aromatic N) is 2. The van der Waals surface area contributed by atoms with Crippen LogP contribution in [0.2, 0.25) is 0 Å². The van der Waals surface area contributed by atoms with Gasteiger partial charge in [-0.25, -0.2) is 9.98 Å². The third-order valence-electron chi connectivity index (χ3n) is 13.1. The number of allylic oxidation sites excluding steroid dienone is 4. The van der Waals surface area contributed by atoms with Gasteiger partial charge >= 0.3 is 0 Å². The molecule has 3 N–H and O–H groups in total. The highest BCUT2D eigenvalue weighted by molar-refractivity contribution is 6.32. The summed E-state index contributed by atoms with van der Waals surface area (Å²) in [5.74, 6) is 5.58. The normalized spacial score (nSPS) is 14.8. The predicted molar refractivity (Wildman–Crippen MR) is 296 cm³/mol. The van der Waals surface area contributed by atoms with Gasteiger partial charge in [0.15, 0.2) is 46.0 Å². The summed E-state index contributed by atoms with van der Waals surface area (Å²) in [4.78, 5) is 21.4. The average molecular weight is 1040 g/mol. The summed E-state index contributed by atoms with van der Waals surface area (Å²) in [6.07, 6.45) is 11.6. The van der Waals surface area contributed by atoms with Gasteiger partial charge in [-0.15, -0.1) is 0 Å². The molecule has 0 radical (unpaired) electrons. The summed E-state index contributed by atoms with van der Waals surface area (Å²) < 4.78 is 69.9. The van der Waals surface area contributed by atoms with Crippen molar-refractivity contribution in [1.29, 1.82) is 0 Å². The van der Waals surface area contributed by atoms with Crippen molar-refractivity contribution in [2.75, 3.05) is 85.3 Å². The molecular formula is C60H59N5O12. The van der Waals surface area contributed by atoms with Gasteiger partial charge in [0.1, 0.15) is 0 Å².